The van der Waals surface area contributed by atoms with Crippen LogP contribution in [0, 0.1) is 5.92 Å². The second-order valence-corrected chi connectivity index (χ2v) is 6.01. The van der Waals surface area contributed by atoms with Crippen molar-refractivity contribution in [2.24, 2.45) is 5.92 Å². The SMILES string of the molecule is CCN(CC1CC1)c1nc2c(s1)C(=O)CCC2. The monoisotopic (exact) mass is 250 g/mol. The Morgan fingerprint density at radius 3 is 2.88 bits per heavy atom. The van der Waals surface area contributed by atoms with Gasteiger partial charge in [-0.1, -0.05) is 11.3 Å². The van der Waals surface area contributed by atoms with Gasteiger partial charge in [0.2, 0.25) is 0 Å². The van der Waals surface area contributed by atoms with E-state index in [1.807, 2.05) is 0 Å². The van der Waals surface area contributed by atoms with Crippen LogP contribution in [0.5, 0.6) is 0 Å². The Labute approximate surface area is 106 Å². The molecule has 0 atom stereocenters. The fourth-order valence-corrected chi connectivity index (χ4v) is 3.50. The van der Waals surface area contributed by atoms with E-state index in [-0.39, 0.29) is 0 Å². The topological polar surface area (TPSA) is 33.2 Å². The first-order valence-electron chi connectivity index (χ1n) is 6.55. The van der Waals surface area contributed by atoms with Crippen LogP contribution in [0.4, 0.5) is 5.13 Å². The smallest absolute Gasteiger partial charge is 0.186 e. The molecule has 1 aromatic rings. The highest BCUT2D eigenvalue weighted by molar-refractivity contribution is 7.17. The molecule has 4 heteroatoms. The predicted molar refractivity (Wildman–Crippen MR) is 70.0 cm³/mol. The number of anilines is 1. The summed E-state index contributed by atoms with van der Waals surface area (Å²) < 4.78 is 0. The number of ketones is 1. The maximum atomic E-state index is 11.8. The third-order valence-corrected chi connectivity index (χ3v) is 4.78. The van der Waals surface area contributed by atoms with Crippen LogP contribution in [0.25, 0.3) is 0 Å². The maximum absolute atomic E-state index is 11.8. The summed E-state index contributed by atoms with van der Waals surface area (Å²) in [4.78, 5) is 19.7. The molecule has 92 valence electrons. The van der Waals surface area contributed by atoms with Gasteiger partial charge in [0.1, 0.15) is 0 Å². The number of thiazole rings is 1. The lowest BCUT2D eigenvalue weighted by Gasteiger charge is -2.19. The average Bonchev–Trinajstić information content (AvgIpc) is 3.04. The van der Waals surface area contributed by atoms with Gasteiger partial charge in [0, 0.05) is 19.5 Å². The molecule has 3 rings (SSSR count). The molecule has 0 saturated heterocycles. The number of fused-ring (bicyclic) bond motifs is 1. The van der Waals surface area contributed by atoms with Gasteiger partial charge < -0.3 is 4.90 Å². The molecule has 1 heterocycles. The third kappa shape index (κ3) is 2.23. The Balaban J connectivity index is 1.83. The summed E-state index contributed by atoms with van der Waals surface area (Å²) in [6, 6.07) is 0. The molecule has 0 aromatic carbocycles. The minimum atomic E-state index is 0.303. The zero-order valence-electron chi connectivity index (χ0n) is 10.2. The quantitative estimate of drug-likeness (QED) is 0.824. The molecule has 0 amide bonds. The molecule has 1 fully saturated rings. The van der Waals surface area contributed by atoms with E-state index in [0.717, 1.165) is 47.6 Å². The fraction of sp³-hybridized carbons (Fsp3) is 0.692. The highest BCUT2D eigenvalue weighted by Crippen LogP contribution is 2.35. The molecular formula is C13H18N2OS. The Hall–Kier alpha value is -0.900. The van der Waals surface area contributed by atoms with Crippen LogP contribution >= 0.6 is 11.3 Å². The summed E-state index contributed by atoms with van der Waals surface area (Å²) in [6.07, 6.45) is 5.40. The van der Waals surface area contributed by atoms with Crippen LogP contribution in [-0.4, -0.2) is 23.9 Å². The summed E-state index contributed by atoms with van der Waals surface area (Å²) in [5.41, 5.74) is 1.05. The normalized spacial score (nSPS) is 19.2. The number of hydrogen-bond acceptors (Lipinski definition) is 4. The van der Waals surface area contributed by atoms with Crippen molar-refractivity contribution in [2.75, 3.05) is 18.0 Å². The molecule has 17 heavy (non-hydrogen) atoms. The van der Waals surface area contributed by atoms with E-state index >= 15 is 0 Å². The molecular weight excluding hydrogens is 232 g/mol. The molecule has 1 aromatic heterocycles. The molecule has 1 saturated carbocycles. The van der Waals surface area contributed by atoms with E-state index in [2.05, 4.69) is 16.8 Å². The highest BCUT2D eigenvalue weighted by atomic mass is 32.1. The first-order chi connectivity index (χ1) is 8.28. The lowest BCUT2D eigenvalue weighted by Crippen LogP contribution is -2.24. The zero-order valence-corrected chi connectivity index (χ0v) is 11.1. The van der Waals surface area contributed by atoms with E-state index in [4.69, 9.17) is 0 Å². The maximum Gasteiger partial charge on any atom is 0.186 e. The molecule has 2 aliphatic rings. The van der Waals surface area contributed by atoms with Crippen LogP contribution in [0.15, 0.2) is 0 Å². The first-order valence-corrected chi connectivity index (χ1v) is 7.37. The highest BCUT2D eigenvalue weighted by Gasteiger charge is 2.27. The summed E-state index contributed by atoms with van der Waals surface area (Å²) in [5.74, 6) is 1.17. The zero-order chi connectivity index (χ0) is 11.8. The van der Waals surface area contributed by atoms with Crippen molar-refractivity contribution in [2.45, 2.75) is 39.0 Å². The number of carbonyl (C=O) groups is 1. The lowest BCUT2D eigenvalue weighted by atomic mass is 10.0. The standard InChI is InChI=1S/C13H18N2OS/c1-2-15(8-9-6-7-9)13-14-10-4-3-5-11(16)12(10)17-13/h9H,2-8H2,1H3. The molecule has 2 aliphatic carbocycles. The van der Waals surface area contributed by atoms with E-state index in [9.17, 15) is 4.79 Å². The number of hydrogen-bond donors (Lipinski definition) is 0. The Kier molecular flexibility index (Phi) is 2.90. The number of aryl methyl sites for hydroxylation is 1. The molecule has 0 radical (unpaired) electrons. The van der Waals surface area contributed by atoms with Gasteiger partial charge in [0.15, 0.2) is 10.9 Å². The van der Waals surface area contributed by atoms with Crippen LogP contribution in [-0.2, 0) is 6.42 Å². The van der Waals surface area contributed by atoms with Crippen molar-refractivity contribution in [3.63, 3.8) is 0 Å². The van der Waals surface area contributed by atoms with Gasteiger partial charge in [-0.2, -0.15) is 0 Å². The van der Waals surface area contributed by atoms with Crippen LogP contribution in [0.2, 0.25) is 0 Å². The molecule has 0 spiro atoms. The van der Waals surface area contributed by atoms with Crippen LogP contribution in [0.1, 0.15) is 48.0 Å². The number of Topliss-reactive ketones (excluding diaryl/α,β-unsaturated/α-hetero) is 1. The van der Waals surface area contributed by atoms with Crippen molar-refractivity contribution in [3.8, 4) is 0 Å². The van der Waals surface area contributed by atoms with Crippen molar-refractivity contribution >= 4 is 22.3 Å². The Bertz CT molecular complexity index is 437. The molecule has 0 N–H and O–H groups in total. The molecule has 0 bridgehead atoms. The molecule has 3 nitrogen and oxygen atoms in total. The van der Waals surface area contributed by atoms with E-state index in [1.54, 1.807) is 11.3 Å². The number of aromatic nitrogens is 1. The van der Waals surface area contributed by atoms with Gasteiger partial charge in [0.25, 0.3) is 0 Å². The minimum Gasteiger partial charge on any atom is -0.348 e. The summed E-state index contributed by atoms with van der Waals surface area (Å²) in [5, 5.41) is 1.07. The number of carbonyl (C=O) groups excluding carboxylic acids is 1. The van der Waals surface area contributed by atoms with Gasteiger partial charge in [-0.25, -0.2) is 4.98 Å². The minimum absolute atomic E-state index is 0.303. The lowest BCUT2D eigenvalue weighted by molar-refractivity contribution is 0.0976. The molecule has 0 unspecified atom stereocenters. The summed E-state index contributed by atoms with van der Waals surface area (Å²) in [7, 11) is 0. The van der Waals surface area contributed by atoms with E-state index in [1.165, 1.54) is 12.8 Å². The van der Waals surface area contributed by atoms with E-state index < -0.39 is 0 Å². The third-order valence-electron chi connectivity index (χ3n) is 3.58. The first kappa shape index (κ1) is 11.2. The van der Waals surface area contributed by atoms with Gasteiger partial charge in [-0.3, -0.25) is 4.79 Å². The Morgan fingerprint density at radius 1 is 1.41 bits per heavy atom. The summed E-state index contributed by atoms with van der Waals surface area (Å²) >= 11 is 1.61. The molecule has 0 aliphatic heterocycles. The number of rotatable bonds is 4. The van der Waals surface area contributed by atoms with Crippen LogP contribution in [0.3, 0.4) is 0 Å². The van der Waals surface area contributed by atoms with Gasteiger partial charge in [-0.15, -0.1) is 0 Å². The van der Waals surface area contributed by atoms with Gasteiger partial charge in [0.05, 0.1) is 10.6 Å². The number of nitrogens with zero attached hydrogens (tertiary/aromatic N) is 2. The summed E-state index contributed by atoms with van der Waals surface area (Å²) in [6.45, 7) is 4.29. The Morgan fingerprint density at radius 2 is 2.24 bits per heavy atom. The second-order valence-electron chi connectivity index (χ2n) is 5.03. The van der Waals surface area contributed by atoms with Gasteiger partial charge >= 0.3 is 0 Å². The van der Waals surface area contributed by atoms with Crippen molar-refractivity contribution in [1.29, 1.82) is 0 Å². The largest absolute Gasteiger partial charge is 0.348 e. The predicted octanol–water partition coefficient (Wildman–Crippen LogP) is 2.90. The van der Waals surface area contributed by atoms with Gasteiger partial charge in [-0.05, 0) is 38.5 Å². The van der Waals surface area contributed by atoms with E-state index in [0.29, 0.717) is 12.2 Å². The average molecular weight is 250 g/mol. The van der Waals surface area contributed by atoms with Crippen LogP contribution < -0.4 is 4.90 Å². The van der Waals surface area contributed by atoms with Crippen molar-refractivity contribution in [1.82, 2.24) is 4.98 Å². The second kappa shape index (κ2) is 4.41. The fourth-order valence-electron chi connectivity index (χ4n) is 2.35. The van der Waals surface area contributed by atoms with Crippen molar-refractivity contribution < 1.29 is 4.79 Å². The van der Waals surface area contributed by atoms with Crippen molar-refractivity contribution in [3.05, 3.63) is 10.6 Å².